The van der Waals surface area contributed by atoms with E-state index in [4.69, 9.17) is 4.98 Å². The number of likely N-dealkylation sites (tertiary alicyclic amines) is 1. The highest BCUT2D eigenvalue weighted by Gasteiger charge is 2.24. The monoisotopic (exact) mass is 343 g/mol. The summed E-state index contributed by atoms with van der Waals surface area (Å²) in [7, 11) is 1.93. The van der Waals surface area contributed by atoms with Gasteiger partial charge in [0.05, 0.1) is 18.4 Å². The second-order valence-electron chi connectivity index (χ2n) is 6.28. The van der Waals surface area contributed by atoms with E-state index in [0.717, 1.165) is 35.9 Å². The molecule has 4 rings (SSSR count). The summed E-state index contributed by atoms with van der Waals surface area (Å²) < 4.78 is 3.75. The van der Waals surface area contributed by atoms with Gasteiger partial charge in [-0.15, -0.1) is 11.3 Å². The Balaban J connectivity index is 1.45. The molecule has 0 radical (unpaired) electrons. The number of hydrogen-bond acceptors (Lipinski definition) is 6. The van der Waals surface area contributed by atoms with E-state index in [1.54, 1.807) is 24.0 Å². The molecule has 0 saturated carbocycles. The summed E-state index contributed by atoms with van der Waals surface area (Å²) >= 11 is 1.69. The standard InChI is InChI=1S/C16H21N7S/c1-21-7-13(6-18-21)16-20-14(10-24-16)8-22-5-3-2-4-15(22)9-23-12-17-11-19-23/h6-7,10-12,15H,2-5,8-9H2,1H3/t15-/m1/s1. The van der Waals surface area contributed by atoms with E-state index in [0.29, 0.717) is 6.04 Å². The molecule has 4 heterocycles. The number of hydrogen-bond donors (Lipinski definition) is 0. The lowest BCUT2D eigenvalue weighted by Gasteiger charge is -2.35. The van der Waals surface area contributed by atoms with Crippen molar-refractivity contribution < 1.29 is 0 Å². The van der Waals surface area contributed by atoms with Crippen LogP contribution < -0.4 is 0 Å². The number of aryl methyl sites for hydroxylation is 1. The Kier molecular flexibility index (Phi) is 4.40. The third-order valence-corrected chi connectivity index (χ3v) is 5.42. The van der Waals surface area contributed by atoms with E-state index >= 15 is 0 Å². The lowest BCUT2D eigenvalue weighted by atomic mass is 10.0. The summed E-state index contributed by atoms with van der Waals surface area (Å²) in [5, 5.41) is 11.7. The smallest absolute Gasteiger partial charge is 0.137 e. The van der Waals surface area contributed by atoms with E-state index in [1.165, 1.54) is 19.3 Å². The molecule has 0 unspecified atom stereocenters. The first-order chi connectivity index (χ1) is 11.8. The average Bonchev–Trinajstić information content (AvgIpc) is 3.31. The van der Waals surface area contributed by atoms with Crippen molar-refractivity contribution >= 4 is 11.3 Å². The molecule has 1 fully saturated rings. The van der Waals surface area contributed by atoms with Crippen LogP contribution in [0.15, 0.2) is 30.4 Å². The second-order valence-corrected chi connectivity index (χ2v) is 7.14. The minimum Gasteiger partial charge on any atom is -0.293 e. The fourth-order valence-corrected chi connectivity index (χ4v) is 4.06. The van der Waals surface area contributed by atoms with Gasteiger partial charge in [0.25, 0.3) is 0 Å². The van der Waals surface area contributed by atoms with Gasteiger partial charge in [-0.25, -0.2) is 9.97 Å². The Morgan fingerprint density at radius 1 is 1.29 bits per heavy atom. The van der Waals surface area contributed by atoms with Gasteiger partial charge in [0.15, 0.2) is 0 Å². The number of thiazole rings is 1. The van der Waals surface area contributed by atoms with E-state index < -0.39 is 0 Å². The van der Waals surface area contributed by atoms with Crippen molar-refractivity contribution in [3.05, 3.63) is 36.1 Å². The van der Waals surface area contributed by atoms with Crippen molar-refractivity contribution in [3.8, 4) is 10.6 Å². The summed E-state index contributed by atoms with van der Waals surface area (Å²) in [5.74, 6) is 0. The molecule has 0 amide bonds. The molecular formula is C16H21N7S. The maximum Gasteiger partial charge on any atom is 0.137 e. The lowest BCUT2D eigenvalue weighted by Crippen LogP contribution is -2.41. The molecule has 3 aromatic rings. The third kappa shape index (κ3) is 3.39. The fraction of sp³-hybridized carbons (Fsp3) is 0.500. The summed E-state index contributed by atoms with van der Waals surface area (Å²) in [6.07, 6.45) is 11.0. The highest BCUT2D eigenvalue weighted by Crippen LogP contribution is 2.26. The summed E-state index contributed by atoms with van der Waals surface area (Å²) in [6, 6.07) is 0.504. The van der Waals surface area contributed by atoms with Gasteiger partial charge < -0.3 is 0 Å². The van der Waals surface area contributed by atoms with Crippen molar-refractivity contribution in [2.75, 3.05) is 6.54 Å². The van der Waals surface area contributed by atoms with Gasteiger partial charge in [0, 0.05) is 36.8 Å². The number of nitrogens with zero attached hydrogens (tertiary/aromatic N) is 7. The van der Waals surface area contributed by atoms with Crippen molar-refractivity contribution in [1.29, 1.82) is 0 Å². The normalized spacial score (nSPS) is 19.0. The third-order valence-electron chi connectivity index (χ3n) is 4.48. The van der Waals surface area contributed by atoms with Crippen molar-refractivity contribution in [3.63, 3.8) is 0 Å². The first-order valence-corrected chi connectivity index (χ1v) is 9.16. The maximum atomic E-state index is 4.81. The van der Waals surface area contributed by atoms with Gasteiger partial charge >= 0.3 is 0 Å². The van der Waals surface area contributed by atoms with Gasteiger partial charge in [0.2, 0.25) is 0 Å². The molecule has 0 spiro atoms. The molecule has 3 aromatic heterocycles. The molecule has 0 aliphatic carbocycles. The van der Waals surface area contributed by atoms with Crippen LogP contribution in [0.2, 0.25) is 0 Å². The van der Waals surface area contributed by atoms with Crippen LogP contribution in [0.4, 0.5) is 0 Å². The molecule has 24 heavy (non-hydrogen) atoms. The van der Waals surface area contributed by atoms with Crippen molar-refractivity contribution in [2.24, 2.45) is 7.05 Å². The fourth-order valence-electron chi connectivity index (χ4n) is 3.27. The SMILES string of the molecule is Cn1cc(-c2nc(CN3CCCC[C@@H]3Cn3cncn3)cs2)cn1. The van der Waals surface area contributed by atoms with Gasteiger partial charge in [-0.2, -0.15) is 10.2 Å². The summed E-state index contributed by atoms with van der Waals surface area (Å²) in [5.41, 5.74) is 2.23. The van der Waals surface area contributed by atoms with Crippen LogP contribution in [0.1, 0.15) is 25.0 Å². The van der Waals surface area contributed by atoms with E-state index in [-0.39, 0.29) is 0 Å². The van der Waals surface area contributed by atoms with Crippen LogP contribution in [0, 0.1) is 0 Å². The molecule has 0 aromatic carbocycles. The zero-order chi connectivity index (χ0) is 16.4. The zero-order valence-electron chi connectivity index (χ0n) is 13.7. The Bertz CT molecular complexity index is 776. The van der Waals surface area contributed by atoms with Crippen molar-refractivity contribution in [2.45, 2.75) is 38.4 Å². The molecule has 1 aliphatic heterocycles. The number of aromatic nitrogens is 6. The minimum atomic E-state index is 0.504. The first kappa shape index (κ1) is 15.5. The van der Waals surface area contributed by atoms with Crippen LogP contribution in [0.3, 0.4) is 0 Å². The quantitative estimate of drug-likeness (QED) is 0.710. The van der Waals surface area contributed by atoms with Gasteiger partial charge in [-0.3, -0.25) is 14.3 Å². The Hall–Kier alpha value is -2.06. The maximum absolute atomic E-state index is 4.81. The molecule has 0 N–H and O–H groups in total. The first-order valence-electron chi connectivity index (χ1n) is 8.28. The largest absolute Gasteiger partial charge is 0.293 e. The average molecular weight is 343 g/mol. The van der Waals surface area contributed by atoms with Gasteiger partial charge in [-0.05, 0) is 19.4 Å². The van der Waals surface area contributed by atoms with Crippen LogP contribution in [-0.4, -0.2) is 47.0 Å². The van der Waals surface area contributed by atoms with Crippen LogP contribution >= 0.6 is 11.3 Å². The van der Waals surface area contributed by atoms with E-state index in [9.17, 15) is 0 Å². The van der Waals surface area contributed by atoms with E-state index in [2.05, 4.69) is 25.5 Å². The number of rotatable bonds is 5. The van der Waals surface area contributed by atoms with Gasteiger partial charge in [0.1, 0.15) is 17.7 Å². The molecule has 8 heteroatoms. The Morgan fingerprint density at radius 3 is 3.04 bits per heavy atom. The molecule has 1 atom stereocenters. The zero-order valence-corrected chi connectivity index (χ0v) is 14.6. The minimum absolute atomic E-state index is 0.504. The van der Waals surface area contributed by atoms with Crippen LogP contribution in [0.5, 0.6) is 0 Å². The predicted molar refractivity (Wildman–Crippen MR) is 92.4 cm³/mol. The summed E-state index contributed by atoms with van der Waals surface area (Å²) in [6.45, 7) is 2.93. The Labute approximate surface area is 145 Å². The highest BCUT2D eigenvalue weighted by atomic mass is 32.1. The number of piperidine rings is 1. The molecule has 1 aliphatic rings. The van der Waals surface area contributed by atoms with Crippen LogP contribution in [0.25, 0.3) is 10.6 Å². The molecular weight excluding hydrogens is 322 g/mol. The molecule has 1 saturated heterocycles. The van der Waals surface area contributed by atoms with Gasteiger partial charge in [-0.1, -0.05) is 6.42 Å². The highest BCUT2D eigenvalue weighted by molar-refractivity contribution is 7.13. The molecule has 126 valence electrons. The predicted octanol–water partition coefficient (Wildman–Crippen LogP) is 2.19. The second kappa shape index (κ2) is 6.82. The molecule has 7 nitrogen and oxygen atoms in total. The topological polar surface area (TPSA) is 64.7 Å². The van der Waals surface area contributed by atoms with Crippen molar-refractivity contribution in [1.82, 2.24) is 34.4 Å². The van der Waals surface area contributed by atoms with E-state index in [1.807, 2.05) is 28.8 Å². The van der Waals surface area contributed by atoms with Crippen LogP contribution in [-0.2, 0) is 20.1 Å². The molecule has 0 bridgehead atoms. The lowest BCUT2D eigenvalue weighted by molar-refractivity contribution is 0.120. The summed E-state index contributed by atoms with van der Waals surface area (Å²) in [4.78, 5) is 11.4. The Morgan fingerprint density at radius 2 is 2.25 bits per heavy atom.